The molecule has 0 radical (unpaired) electrons. The molecule has 8 heteroatoms. The zero-order valence-corrected chi connectivity index (χ0v) is 14.7. The van der Waals surface area contributed by atoms with Gasteiger partial charge in [0.25, 0.3) is 0 Å². The molecule has 142 valence electrons. The van der Waals surface area contributed by atoms with E-state index < -0.39 is 42.0 Å². The number of carboxylic acid groups (broad SMARTS) is 1. The van der Waals surface area contributed by atoms with Gasteiger partial charge in [-0.15, -0.1) is 0 Å². The number of amides is 2. The summed E-state index contributed by atoms with van der Waals surface area (Å²) in [7, 11) is 0. The van der Waals surface area contributed by atoms with Crippen molar-refractivity contribution in [2.75, 3.05) is 6.54 Å². The van der Waals surface area contributed by atoms with Crippen molar-refractivity contribution in [2.24, 2.45) is 5.73 Å². The van der Waals surface area contributed by atoms with Gasteiger partial charge in [0.05, 0.1) is 6.10 Å². The van der Waals surface area contributed by atoms with E-state index in [2.05, 4.69) is 5.32 Å². The molecule has 0 aliphatic carbocycles. The highest BCUT2D eigenvalue weighted by molar-refractivity contribution is 5.92. The Bertz CT molecular complexity index is 649. The molecule has 0 unspecified atom stereocenters. The summed E-state index contributed by atoms with van der Waals surface area (Å²) < 4.78 is 0. The average Bonchev–Trinajstić information content (AvgIpc) is 3.10. The Balaban J connectivity index is 2.05. The molecule has 1 fully saturated rings. The Morgan fingerprint density at radius 1 is 1.31 bits per heavy atom. The van der Waals surface area contributed by atoms with Crippen LogP contribution in [0.2, 0.25) is 0 Å². The molecular formula is C18H25N3O5. The van der Waals surface area contributed by atoms with E-state index in [1.165, 1.54) is 11.8 Å². The molecule has 8 nitrogen and oxygen atoms in total. The number of rotatable bonds is 7. The third-order valence-electron chi connectivity index (χ3n) is 4.54. The molecular weight excluding hydrogens is 338 g/mol. The number of carbonyl (C=O) groups excluding carboxylic acids is 2. The van der Waals surface area contributed by atoms with Gasteiger partial charge in [-0.2, -0.15) is 0 Å². The van der Waals surface area contributed by atoms with Crippen LogP contribution >= 0.6 is 0 Å². The average molecular weight is 363 g/mol. The molecule has 2 amide bonds. The molecule has 4 atom stereocenters. The second kappa shape index (κ2) is 8.77. The first kappa shape index (κ1) is 19.9. The lowest BCUT2D eigenvalue weighted by Crippen LogP contribution is -2.56. The van der Waals surface area contributed by atoms with Gasteiger partial charge in [-0.3, -0.25) is 9.59 Å². The van der Waals surface area contributed by atoms with E-state index in [0.717, 1.165) is 5.56 Å². The maximum atomic E-state index is 12.6. The number of hydrogen-bond donors (Lipinski definition) is 4. The van der Waals surface area contributed by atoms with Crippen molar-refractivity contribution in [3.05, 3.63) is 35.9 Å². The lowest BCUT2D eigenvalue weighted by atomic mass is 10.1. The van der Waals surface area contributed by atoms with Crippen molar-refractivity contribution >= 4 is 17.8 Å². The highest BCUT2D eigenvalue weighted by Crippen LogP contribution is 2.19. The third-order valence-corrected chi connectivity index (χ3v) is 4.54. The van der Waals surface area contributed by atoms with Crippen LogP contribution in [0.5, 0.6) is 0 Å². The van der Waals surface area contributed by atoms with Crippen LogP contribution < -0.4 is 11.1 Å². The van der Waals surface area contributed by atoms with E-state index in [-0.39, 0.29) is 6.42 Å². The first-order chi connectivity index (χ1) is 12.3. The Kier molecular flexibility index (Phi) is 6.70. The summed E-state index contributed by atoms with van der Waals surface area (Å²) in [6.07, 6.45) is 0.168. The summed E-state index contributed by atoms with van der Waals surface area (Å²) in [6.45, 7) is 1.77. The zero-order chi connectivity index (χ0) is 19.3. The molecule has 0 spiro atoms. The van der Waals surface area contributed by atoms with Gasteiger partial charge in [0, 0.05) is 13.0 Å². The number of nitrogens with two attached hydrogens (primary N) is 1. The number of nitrogens with one attached hydrogen (secondary N) is 1. The molecule has 0 aromatic heterocycles. The quantitative estimate of drug-likeness (QED) is 0.516. The summed E-state index contributed by atoms with van der Waals surface area (Å²) >= 11 is 0. The lowest BCUT2D eigenvalue weighted by Gasteiger charge is -2.28. The van der Waals surface area contributed by atoms with Crippen molar-refractivity contribution in [1.29, 1.82) is 0 Å². The monoisotopic (exact) mass is 363 g/mol. The number of likely N-dealkylation sites (tertiary alicyclic amines) is 1. The minimum Gasteiger partial charge on any atom is -0.480 e. The van der Waals surface area contributed by atoms with Crippen molar-refractivity contribution < 1.29 is 24.6 Å². The number of aliphatic hydroxyl groups is 1. The van der Waals surface area contributed by atoms with Crippen LogP contribution in [0.3, 0.4) is 0 Å². The van der Waals surface area contributed by atoms with Crippen LogP contribution in [0.25, 0.3) is 0 Å². The maximum Gasteiger partial charge on any atom is 0.326 e. The molecule has 0 bridgehead atoms. The fourth-order valence-electron chi connectivity index (χ4n) is 3.02. The highest BCUT2D eigenvalue weighted by Gasteiger charge is 2.38. The van der Waals surface area contributed by atoms with E-state index in [1.54, 1.807) is 24.3 Å². The topological polar surface area (TPSA) is 133 Å². The van der Waals surface area contributed by atoms with Gasteiger partial charge in [-0.1, -0.05) is 30.3 Å². The van der Waals surface area contributed by atoms with E-state index in [4.69, 9.17) is 5.73 Å². The number of benzene rings is 1. The van der Waals surface area contributed by atoms with Crippen LogP contribution in [0.4, 0.5) is 0 Å². The van der Waals surface area contributed by atoms with Gasteiger partial charge in [0.2, 0.25) is 11.8 Å². The molecule has 1 aromatic carbocycles. The Hall–Kier alpha value is -2.45. The lowest BCUT2D eigenvalue weighted by molar-refractivity contribution is -0.144. The molecule has 2 rings (SSSR count). The summed E-state index contributed by atoms with van der Waals surface area (Å²) in [5.41, 5.74) is 6.47. The fourth-order valence-corrected chi connectivity index (χ4v) is 3.02. The second-order valence-electron chi connectivity index (χ2n) is 6.55. The van der Waals surface area contributed by atoms with Crippen LogP contribution in [-0.2, 0) is 20.8 Å². The van der Waals surface area contributed by atoms with Crippen LogP contribution in [-0.4, -0.2) is 63.7 Å². The van der Waals surface area contributed by atoms with Gasteiger partial charge in [0.15, 0.2) is 0 Å². The molecule has 26 heavy (non-hydrogen) atoms. The van der Waals surface area contributed by atoms with Gasteiger partial charge in [-0.05, 0) is 25.3 Å². The summed E-state index contributed by atoms with van der Waals surface area (Å²) in [5, 5.41) is 21.4. The predicted octanol–water partition coefficient (Wildman–Crippen LogP) is -0.502. The first-order valence-corrected chi connectivity index (χ1v) is 8.62. The summed E-state index contributed by atoms with van der Waals surface area (Å²) in [5.74, 6) is -2.16. The van der Waals surface area contributed by atoms with Crippen molar-refractivity contribution in [2.45, 2.75) is 50.4 Å². The standard InChI is InChI=1S/C18H25N3O5/c1-11(22)15(19)17(24)21-9-5-8-14(21)16(23)20-13(18(25)26)10-12-6-3-2-4-7-12/h2-4,6-7,11,13-15,22H,5,8-10,19H2,1H3,(H,20,23)(H,25,26)/t11-,13+,14+,15+/m1/s1. The summed E-state index contributed by atoms with van der Waals surface area (Å²) in [6, 6.07) is 6.02. The number of carbonyl (C=O) groups is 3. The van der Waals surface area contributed by atoms with Gasteiger partial charge in [-0.25, -0.2) is 4.79 Å². The smallest absolute Gasteiger partial charge is 0.326 e. The van der Waals surface area contributed by atoms with Crippen molar-refractivity contribution in [1.82, 2.24) is 10.2 Å². The normalized spacial score (nSPS) is 20.3. The number of carboxylic acids is 1. The minimum absolute atomic E-state index is 0.149. The molecule has 1 aliphatic heterocycles. The van der Waals surface area contributed by atoms with E-state index in [1.807, 2.05) is 6.07 Å². The van der Waals surface area contributed by atoms with E-state index in [0.29, 0.717) is 19.4 Å². The van der Waals surface area contributed by atoms with Gasteiger partial charge < -0.3 is 26.2 Å². The molecule has 5 N–H and O–H groups in total. The first-order valence-electron chi connectivity index (χ1n) is 8.62. The zero-order valence-electron chi connectivity index (χ0n) is 14.7. The van der Waals surface area contributed by atoms with E-state index >= 15 is 0 Å². The fraction of sp³-hybridized carbons (Fsp3) is 0.500. The Labute approximate surface area is 152 Å². The van der Waals surface area contributed by atoms with Crippen LogP contribution in [0.1, 0.15) is 25.3 Å². The number of nitrogens with zero attached hydrogens (tertiary/aromatic N) is 1. The Morgan fingerprint density at radius 3 is 2.54 bits per heavy atom. The molecule has 1 aliphatic rings. The third kappa shape index (κ3) is 4.80. The van der Waals surface area contributed by atoms with E-state index in [9.17, 15) is 24.6 Å². The highest BCUT2D eigenvalue weighted by atomic mass is 16.4. The minimum atomic E-state index is -1.14. The van der Waals surface area contributed by atoms with Crippen molar-refractivity contribution in [3.8, 4) is 0 Å². The molecule has 0 saturated carbocycles. The van der Waals surface area contributed by atoms with Crippen LogP contribution in [0.15, 0.2) is 30.3 Å². The largest absolute Gasteiger partial charge is 0.480 e. The molecule has 1 aromatic rings. The molecule has 1 heterocycles. The van der Waals surface area contributed by atoms with Gasteiger partial charge >= 0.3 is 5.97 Å². The number of aliphatic hydroxyl groups excluding tert-OH is 1. The second-order valence-corrected chi connectivity index (χ2v) is 6.55. The Morgan fingerprint density at radius 2 is 1.96 bits per heavy atom. The maximum absolute atomic E-state index is 12.6. The predicted molar refractivity (Wildman–Crippen MR) is 94.1 cm³/mol. The molecule has 1 saturated heterocycles. The number of hydrogen-bond acceptors (Lipinski definition) is 5. The summed E-state index contributed by atoms with van der Waals surface area (Å²) in [4.78, 5) is 37.8. The van der Waals surface area contributed by atoms with Gasteiger partial charge in [0.1, 0.15) is 18.1 Å². The SMILES string of the molecule is C[C@@H](O)[C@H](N)C(=O)N1CCC[C@H]1C(=O)N[C@@H](Cc1ccccc1)C(=O)O. The number of aliphatic carboxylic acids is 1. The van der Waals surface area contributed by atoms with Crippen molar-refractivity contribution in [3.63, 3.8) is 0 Å². The van der Waals surface area contributed by atoms with Crippen LogP contribution in [0, 0.1) is 0 Å².